The lowest BCUT2D eigenvalue weighted by molar-refractivity contribution is 0.162. The Bertz CT molecular complexity index is 434. The van der Waals surface area contributed by atoms with Gasteiger partial charge in [-0.25, -0.2) is 0 Å². The molecule has 3 heteroatoms. The van der Waals surface area contributed by atoms with Gasteiger partial charge in [-0.05, 0) is 36.2 Å². The normalized spacial score (nSPS) is 12.4. The highest BCUT2D eigenvalue weighted by atomic mass is 16.4. The van der Waals surface area contributed by atoms with Crippen LogP contribution in [0, 0.1) is 0 Å². The Morgan fingerprint density at radius 2 is 2.00 bits per heavy atom. The quantitative estimate of drug-likeness (QED) is 0.831. The third-order valence-electron chi connectivity index (χ3n) is 2.73. The Labute approximate surface area is 101 Å². The van der Waals surface area contributed by atoms with E-state index >= 15 is 0 Å². The number of rotatable bonds is 5. The van der Waals surface area contributed by atoms with Gasteiger partial charge < -0.3 is 14.8 Å². The average Bonchev–Trinajstić information content (AvgIpc) is 2.90. The van der Waals surface area contributed by atoms with Crippen molar-refractivity contribution in [1.29, 1.82) is 0 Å². The van der Waals surface area contributed by atoms with Gasteiger partial charge in [-0.3, -0.25) is 0 Å². The first-order valence-electron chi connectivity index (χ1n) is 5.84. The Balaban J connectivity index is 1.89. The van der Waals surface area contributed by atoms with Crippen LogP contribution in [0.1, 0.15) is 24.4 Å². The lowest BCUT2D eigenvalue weighted by Crippen LogP contribution is -2.11. The molecule has 1 unspecified atom stereocenters. The number of aliphatic hydroxyl groups excluding tert-OH is 1. The second-order valence-corrected chi connectivity index (χ2v) is 3.96. The molecule has 1 aromatic heterocycles. The lowest BCUT2D eigenvalue weighted by atomic mass is 10.1. The number of hydrogen-bond donors (Lipinski definition) is 2. The van der Waals surface area contributed by atoms with Crippen molar-refractivity contribution in [2.75, 3.05) is 11.9 Å². The minimum Gasteiger partial charge on any atom is -0.467 e. The van der Waals surface area contributed by atoms with E-state index in [1.54, 1.807) is 18.4 Å². The van der Waals surface area contributed by atoms with Crippen LogP contribution < -0.4 is 5.32 Å². The Kier molecular flexibility index (Phi) is 3.83. The van der Waals surface area contributed by atoms with E-state index in [0.29, 0.717) is 12.3 Å². The predicted octanol–water partition coefficient (Wildman–Crippen LogP) is 2.99. The minimum absolute atomic E-state index is 0.443. The lowest BCUT2D eigenvalue weighted by Gasteiger charge is -2.10. The summed E-state index contributed by atoms with van der Waals surface area (Å²) in [4.78, 5) is 0. The molecule has 0 spiro atoms. The molecule has 0 saturated carbocycles. The summed E-state index contributed by atoms with van der Waals surface area (Å²) in [6, 6.07) is 11.8. The van der Waals surface area contributed by atoms with Crippen molar-refractivity contribution in [1.82, 2.24) is 0 Å². The fraction of sp³-hybridized carbons (Fsp3) is 0.286. The first kappa shape index (κ1) is 11.7. The number of aryl methyl sites for hydroxylation is 1. The van der Waals surface area contributed by atoms with Gasteiger partial charge in [-0.2, -0.15) is 0 Å². The van der Waals surface area contributed by atoms with Crippen LogP contribution in [0.3, 0.4) is 0 Å². The van der Waals surface area contributed by atoms with E-state index in [4.69, 9.17) is 4.42 Å². The zero-order chi connectivity index (χ0) is 12.1. The number of furan rings is 1. The van der Waals surface area contributed by atoms with Crippen LogP contribution >= 0.6 is 0 Å². The first-order chi connectivity index (χ1) is 8.29. The van der Waals surface area contributed by atoms with E-state index in [-0.39, 0.29) is 0 Å². The number of hydrogen-bond acceptors (Lipinski definition) is 3. The maximum absolute atomic E-state index is 9.82. The predicted molar refractivity (Wildman–Crippen MR) is 68.0 cm³/mol. The molecule has 90 valence electrons. The van der Waals surface area contributed by atoms with Gasteiger partial charge in [0.1, 0.15) is 11.9 Å². The molecule has 0 aliphatic rings. The molecule has 1 atom stereocenters. The molecule has 2 aromatic rings. The standard InChI is InChI=1S/C14H17NO2/c1-2-11-5-7-12(8-6-11)15-10-13(16)14-4-3-9-17-14/h3-9,13,15-16H,2,10H2,1H3. The van der Waals surface area contributed by atoms with Crippen LogP contribution in [-0.2, 0) is 6.42 Å². The van der Waals surface area contributed by atoms with Gasteiger partial charge in [0.05, 0.1) is 6.26 Å². The average molecular weight is 231 g/mol. The van der Waals surface area contributed by atoms with Gasteiger partial charge in [0.25, 0.3) is 0 Å². The van der Waals surface area contributed by atoms with Crippen molar-refractivity contribution in [2.24, 2.45) is 0 Å². The minimum atomic E-state index is -0.615. The van der Waals surface area contributed by atoms with Crippen molar-refractivity contribution < 1.29 is 9.52 Å². The molecule has 0 radical (unpaired) electrons. The molecule has 0 aliphatic carbocycles. The molecule has 17 heavy (non-hydrogen) atoms. The van der Waals surface area contributed by atoms with E-state index in [9.17, 15) is 5.11 Å². The molecule has 3 nitrogen and oxygen atoms in total. The van der Waals surface area contributed by atoms with Crippen molar-refractivity contribution in [3.63, 3.8) is 0 Å². The van der Waals surface area contributed by atoms with Gasteiger partial charge >= 0.3 is 0 Å². The largest absolute Gasteiger partial charge is 0.467 e. The molecular formula is C14H17NO2. The number of anilines is 1. The molecule has 1 aromatic carbocycles. The highest BCUT2D eigenvalue weighted by molar-refractivity contribution is 5.44. The van der Waals surface area contributed by atoms with Crippen LogP contribution in [0.5, 0.6) is 0 Å². The number of nitrogens with one attached hydrogen (secondary N) is 1. The van der Waals surface area contributed by atoms with Crippen LogP contribution in [0.2, 0.25) is 0 Å². The SMILES string of the molecule is CCc1ccc(NCC(O)c2ccco2)cc1. The summed E-state index contributed by atoms with van der Waals surface area (Å²) in [6.45, 7) is 2.57. The van der Waals surface area contributed by atoms with Crippen LogP contribution in [0.4, 0.5) is 5.69 Å². The fourth-order valence-electron chi connectivity index (χ4n) is 1.65. The van der Waals surface area contributed by atoms with Crippen molar-refractivity contribution in [2.45, 2.75) is 19.4 Å². The summed E-state index contributed by atoms with van der Waals surface area (Å²) in [6.07, 6.45) is 1.99. The van der Waals surface area contributed by atoms with Gasteiger partial charge in [0.15, 0.2) is 0 Å². The third-order valence-corrected chi connectivity index (χ3v) is 2.73. The van der Waals surface area contributed by atoms with Gasteiger partial charge in [0.2, 0.25) is 0 Å². The van der Waals surface area contributed by atoms with Gasteiger partial charge in [-0.1, -0.05) is 19.1 Å². The van der Waals surface area contributed by atoms with Crippen molar-refractivity contribution in [3.05, 3.63) is 54.0 Å². The highest BCUT2D eigenvalue weighted by Crippen LogP contribution is 2.15. The molecule has 2 N–H and O–H groups in total. The summed E-state index contributed by atoms with van der Waals surface area (Å²) in [5.74, 6) is 0.586. The van der Waals surface area contributed by atoms with E-state index in [2.05, 4.69) is 24.4 Å². The maximum Gasteiger partial charge on any atom is 0.134 e. The maximum atomic E-state index is 9.82. The zero-order valence-electron chi connectivity index (χ0n) is 9.89. The summed E-state index contributed by atoms with van der Waals surface area (Å²) in [5.41, 5.74) is 2.31. The summed E-state index contributed by atoms with van der Waals surface area (Å²) in [7, 11) is 0. The Morgan fingerprint density at radius 1 is 1.24 bits per heavy atom. The van der Waals surface area contributed by atoms with Crippen LogP contribution in [0.15, 0.2) is 47.1 Å². The third kappa shape index (κ3) is 3.11. The van der Waals surface area contributed by atoms with Crippen LogP contribution in [0.25, 0.3) is 0 Å². The van der Waals surface area contributed by atoms with Crippen molar-refractivity contribution >= 4 is 5.69 Å². The molecular weight excluding hydrogens is 214 g/mol. The van der Waals surface area contributed by atoms with Gasteiger partial charge in [-0.15, -0.1) is 0 Å². The van der Waals surface area contributed by atoms with E-state index in [1.165, 1.54) is 5.56 Å². The second kappa shape index (κ2) is 5.55. The number of benzene rings is 1. The zero-order valence-corrected chi connectivity index (χ0v) is 9.89. The summed E-state index contributed by atoms with van der Waals surface area (Å²) in [5, 5.41) is 13.0. The molecule has 0 amide bonds. The monoisotopic (exact) mass is 231 g/mol. The van der Waals surface area contributed by atoms with Crippen molar-refractivity contribution in [3.8, 4) is 0 Å². The summed E-state index contributed by atoms with van der Waals surface area (Å²) >= 11 is 0. The number of aliphatic hydroxyl groups is 1. The molecule has 2 rings (SSSR count). The molecule has 0 fully saturated rings. The molecule has 0 aliphatic heterocycles. The van der Waals surface area contributed by atoms with Crippen LogP contribution in [-0.4, -0.2) is 11.7 Å². The summed E-state index contributed by atoms with van der Waals surface area (Å²) < 4.78 is 5.13. The molecule has 0 saturated heterocycles. The van der Waals surface area contributed by atoms with E-state index in [1.807, 2.05) is 12.1 Å². The molecule has 0 bridgehead atoms. The van der Waals surface area contributed by atoms with Gasteiger partial charge in [0, 0.05) is 12.2 Å². The van der Waals surface area contributed by atoms with E-state index in [0.717, 1.165) is 12.1 Å². The smallest absolute Gasteiger partial charge is 0.134 e. The van der Waals surface area contributed by atoms with E-state index < -0.39 is 6.10 Å². The Morgan fingerprint density at radius 3 is 2.59 bits per heavy atom. The molecule has 1 heterocycles. The second-order valence-electron chi connectivity index (χ2n) is 3.96. The topological polar surface area (TPSA) is 45.4 Å². The first-order valence-corrected chi connectivity index (χ1v) is 5.84. The Hall–Kier alpha value is -1.74. The fourth-order valence-corrected chi connectivity index (χ4v) is 1.65. The highest BCUT2D eigenvalue weighted by Gasteiger charge is 2.09.